The lowest BCUT2D eigenvalue weighted by Crippen LogP contribution is -1.89. The minimum atomic E-state index is 0.0986. The Labute approximate surface area is 90.2 Å². The first-order chi connectivity index (χ1) is 6.68. The number of hydrogen-bond donors (Lipinski definition) is 0. The molecule has 72 valence electrons. The van der Waals surface area contributed by atoms with E-state index < -0.39 is 0 Å². The molecule has 0 N–H and O–H groups in total. The lowest BCUT2D eigenvalue weighted by atomic mass is 10.3. The maximum atomic E-state index is 11.2. The summed E-state index contributed by atoms with van der Waals surface area (Å²) in [6.45, 7) is 3.46. The Hall–Kier alpha value is -1.00. The van der Waals surface area contributed by atoms with Crippen LogP contribution in [0.5, 0.6) is 0 Å². The van der Waals surface area contributed by atoms with Crippen LogP contribution in [0.15, 0.2) is 16.8 Å². The van der Waals surface area contributed by atoms with Gasteiger partial charge in [0.2, 0.25) is 0 Å². The predicted molar refractivity (Wildman–Crippen MR) is 60.2 cm³/mol. The number of hydrogen-bond acceptors (Lipinski definition) is 4. The zero-order chi connectivity index (χ0) is 10.1. The van der Waals surface area contributed by atoms with E-state index in [-0.39, 0.29) is 5.78 Å². The Morgan fingerprint density at radius 1 is 1.50 bits per heavy atom. The highest BCUT2D eigenvalue weighted by molar-refractivity contribution is 7.17. The number of nitrogens with zero attached hydrogens (tertiary/aromatic N) is 1. The molecular weight excluding hydrogens is 214 g/mol. The smallest absolute Gasteiger partial charge is 0.171 e. The fourth-order valence-corrected chi connectivity index (χ4v) is 2.91. The molecular formula is C10H9NOS2. The van der Waals surface area contributed by atoms with E-state index in [1.54, 1.807) is 18.3 Å². The van der Waals surface area contributed by atoms with Crippen molar-refractivity contribution in [2.24, 2.45) is 0 Å². The summed E-state index contributed by atoms with van der Waals surface area (Å²) in [5, 5.41) is 5.00. The van der Waals surface area contributed by atoms with E-state index in [1.165, 1.54) is 11.3 Å². The molecule has 4 heteroatoms. The molecule has 0 amide bonds. The van der Waals surface area contributed by atoms with Gasteiger partial charge >= 0.3 is 0 Å². The van der Waals surface area contributed by atoms with Crippen molar-refractivity contribution in [3.8, 4) is 10.6 Å². The molecule has 2 rings (SSSR count). The lowest BCUT2D eigenvalue weighted by Gasteiger charge is -1.86. The summed E-state index contributed by atoms with van der Waals surface area (Å²) in [6, 6.07) is 2.02. The fraction of sp³-hybridized carbons (Fsp3) is 0.200. The van der Waals surface area contributed by atoms with Crippen LogP contribution in [0.4, 0.5) is 0 Å². The molecule has 0 fully saturated rings. The molecule has 0 aromatic carbocycles. The molecule has 0 spiro atoms. The Bertz CT molecular complexity index is 456. The number of rotatable bonds is 2. The number of Topliss-reactive ketones (excluding diaryl/α,β-unsaturated/α-hetero) is 1. The second-order valence-corrected chi connectivity index (χ2v) is 4.78. The van der Waals surface area contributed by atoms with Crippen molar-refractivity contribution in [3.63, 3.8) is 0 Å². The third kappa shape index (κ3) is 1.63. The molecule has 0 saturated heterocycles. The van der Waals surface area contributed by atoms with Crippen molar-refractivity contribution in [1.82, 2.24) is 4.98 Å². The molecule has 0 bridgehead atoms. The minimum Gasteiger partial charge on any atom is -0.294 e. The van der Waals surface area contributed by atoms with Gasteiger partial charge in [-0.1, -0.05) is 0 Å². The number of thiazole rings is 1. The second-order valence-electron chi connectivity index (χ2n) is 3.00. The maximum absolute atomic E-state index is 11.2. The van der Waals surface area contributed by atoms with E-state index in [2.05, 4.69) is 4.98 Å². The highest BCUT2D eigenvalue weighted by Gasteiger charge is 2.12. The first-order valence-electron chi connectivity index (χ1n) is 4.19. The molecule has 0 aliphatic heterocycles. The van der Waals surface area contributed by atoms with Crippen LogP contribution in [-0.4, -0.2) is 10.8 Å². The van der Waals surface area contributed by atoms with Crippen LogP contribution < -0.4 is 0 Å². The quantitative estimate of drug-likeness (QED) is 0.730. The van der Waals surface area contributed by atoms with Crippen molar-refractivity contribution < 1.29 is 4.79 Å². The number of carbonyl (C=O) groups excluding carboxylic acids is 1. The van der Waals surface area contributed by atoms with Crippen molar-refractivity contribution >= 4 is 28.5 Å². The van der Waals surface area contributed by atoms with Crippen molar-refractivity contribution in [3.05, 3.63) is 27.4 Å². The zero-order valence-electron chi connectivity index (χ0n) is 7.90. The van der Waals surface area contributed by atoms with Crippen LogP contribution in [0.1, 0.15) is 22.3 Å². The fourth-order valence-electron chi connectivity index (χ4n) is 1.23. The SMILES string of the molecule is CC(=O)c1sc(-c2ccsc2)nc1C. The summed E-state index contributed by atoms with van der Waals surface area (Å²) < 4.78 is 0. The van der Waals surface area contributed by atoms with Gasteiger partial charge in [0, 0.05) is 17.9 Å². The van der Waals surface area contributed by atoms with Crippen LogP contribution in [0.2, 0.25) is 0 Å². The third-order valence-electron chi connectivity index (χ3n) is 1.88. The largest absolute Gasteiger partial charge is 0.294 e. The standard InChI is InChI=1S/C10H9NOS2/c1-6-9(7(2)12)14-10(11-6)8-3-4-13-5-8/h3-5H,1-2H3. The molecule has 0 saturated carbocycles. The topological polar surface area (TPSA) is 30.0 Å². The molecule has 0 aliphatic carbocycles. The third-order valence-corrected chi connectivity index (χ3v) is 3.88. The van der Waals surface area contributed by atoms with E-state index >= 15 is 0 Å². The summed E-state index contributed by atoms with van der Waals surface area (Å²) in [7, 11) is 0. The maximum Gasteiger partial charge on any atom is 0.171 e. The van der Waals surface area contributed by atoms with Gasteiger partial charge in [0.05, 0.1) is 10.6 Å². The molecule has 2 heterocycles. The lowest BCUT2D eigenvalue weighted by molar-refractivity contribution is 0.102. The minimum absolute atomic E-state index is 0.0986. The average Bonchev–Trinajstić information content (AvgIpc) is 2.70. The van der Waals surface area contributed by atoms with Gasteiger partial charge in [0.25, 0.3) is 0 Å². The van der Waals surface area contributed by atoms with Crippen molar-refractivity contribution in [2.45, 2.75) is 13.8 Å². The van der Waals surface area contributed by atoms with Gasteiger partial charge in [-0.15, -0.1) is 11.3 Å². The van der Waals surface area contributed by atoms with Crippen molar-refractivity contribution in [2.75, 3.05) is 0 Å². The van der Waals surface area contributed by atoms with Crippen LogP contribution >= 0.6 is 22.7 Å². The number of carbonyl (C=O) groups is 1. The first-order valence-corrected chi connectivity index (χ1v) is 5.95. The predicted octanol–water partition coefficient (Wildman–Crippen LogP) is 3.38. The number of thiophene rings is 1. The Morgan fingerprint density at radius 2 is 2.29 bits per heavy atom. The normalized spacial score (nSPS) is 10.4. The summed E-state index contributed by atoms with van der Waals surface area (Å²) in [4.78, 5) is 16.4. The number of ketones is 1. The van der Waals surface area contributed by atoms with Gasteiger partial charge in [0.15, 0.2) is 5.78 Å². The van der Waals surface area contributed by atoms with Crippen LogP contribution in [0.3, 0.4) is 0 Å². The van der Waals surface area contributed by atoms with E-state index in [0.29, 0.717) is 0 Å². The van der Waals surface area contributed by atoms with Gasteiger partial charge in [-0.25, -0.2) is 4.98 Å². The molecule has 0 atom stereocenters. The molecule has 0 aliphatic rings. The molecule has 2 nitrogen and oxygen atoms in total. The van der Waals surface area contributed by atoms with Crippen molar-refractivity contribution in [1.29, 1.82) is 0 Å². The molecule has 14 heavy (non-hydrogen) atoms. The summed E-state index contributed by atoms with van der Waals surface area (Å²) in [5.41, 5.74) is 1.94. The van der Waals surface area contributed by atoms with Gasteiger partial charge in [-0.2, -0.15) is 11.3 Å². The van der Waals surface area contributed by atoms with Gasteiger partial charge in [0.1, 0.15) is 5.01 Å². The zero-order valence-corrected chi connectivity index (χ0v) is 9.54. The van der Waals surface area contributed by atoms with Crippen LogP contribution in [-0.2, 0) is 0 Å². The van der Waals surface area contributed by atoms with Crippen LogP contribution in [0.25, 0.3) is 10.6 Å². The highest BCUT2D eigenvalue weighted by atomic mass is 32.1. The average molecular weight is 223 g/mol. The molecule has 2 aromatic rings. The number of aromatic nitrogens is 1. The highest BCUT2D eigenvalue weighted by Crippen LogP contribution is 2.29. The van der Waals surface area contributed by atoms with E-state index in [0.717, 1.165) is 21.1 Å². The van der Waals surface area contributed by atoms with E-state index in [4.69, 9.17) is 0 Å². The molecule has 0 radical (unpaired) electrons. The molecule has 2 aromatic heterocycles. The second kappa shape index (κ2) is 3.63. The van der Waals surface area contributed by atoms with Gasteiger partial charge in [-0.05, 0) is 18.4 Å². The van der Waals surface area contributed by atoms with E-state index in [1.807, 2.05) is 23.8 Å². The van der Waals surface area contributed by atoms with E-state index in [9.17, 15) is 4.79 Å². The molecule has 0 unspecified atom stereocenters. The Balaban J connectivity index is 2.48. The number of aryl methyl sites for hydroxylation is 1. The monoisotopic (exact) mass is 223 g/mol. The summed E-state index contributed by atoms with van der Waals surface area (Å²) >= 11 is 3.11. The van der Waals surface area contributed by atoms with Crippen LogP contribution in [0, 0.1) is 6.92 Å². The summed E-state index contributed by atoms with van der Waals surface area (Å²) in [6.07, 6.45) is 0. The Kier molecular flexibility index (Phi) is 2.48. The first kappa shape index (κ1) is 9.55. The van der Waals surface area contributed by atoms with Gasteiger partial charge in [-0.3, -0.25) is 4.79 Å². The summed E-state index contributed by atoms with van der Waals surface area (Å²) in [5.74, 6) is 0.0986. The Morgan fingerprint density at radius 3 is 2.79 bits per heavy atom. The van der Waals surface area contributed by atoms with Gasteiger partial charge < -0.3 is 0 Å².